The number of anilines is 1. The van der Waals surface area contributed by atoms with Crippen LogP contribution in [0.1, 0.15) is 6.92 Å². The van der Waals surface area contributed by atoms with Gasteiger partial charge in [-0.15, -0.1) is 0 Å². The summed E-state index contributed by atoms with van der Waals surface area (Å²) in [7, 11) is -4.46. The first-order chi connectivity index (χ1) is 12.3. The molecule has 0 aliphatic carbocycles. The summed E-state index contributed by atoms with van der Waals surface area (Å²) in [6.07, 6.45) is 0. The van der Waals surface area contributed by atoms with E-state index in [1.54, 1.807) is 19.1 Å². The number of rotatable bonds is 8. The average Bonchev–Trinajstić information content (AvgIpc) is 2.60. The molecular weight excluding hydrogens is 384 g/mol. The second kappa shape index (κ2) is 8.15. The highest BCUT2D eigenvalue weighted by Gasteiger charge is 2.34. The summed E-state index contributed by atoms with van der Waals surface area (Å²) in [6.45, 7) is 1.26. The fraction of sp³-hybridized carbons (Fsp3) is 0.188. The number of nitrogens with zero attached hydrogens (tertiary/aromatic N) is 2. The molecule has 138 valence electrons. The summed E-state index contributed by atoms with van der Waals surface area (Å²) in [5.74, 6) is 0.204. The SMILES string of the molecule is CCOc1ccccc1N(CC(=O)Cl)S(=O)(=O)c1ccccc1[N+](=O)[O-]. The molecule has 0 fully saturated rings. The van der Waals surface area contributed by atoms with Gasteiger partial charge in [0.05, 0.1) is 17.2 Å². The zero-order valence-corrected chi connectivity index (χ0v) is 15.2. The lowest BCUT2D eigenvalue weighted by Gasteiger charge is -2.24. The van der Waals surface area contributed by atoms with E-state index in [2.05, 4.69) is 0 Å². The van der Waals surface area contributed by atoms with E-state index in [9.17, 15) is 23.3 Å². The lowest BCUT2D eigenvalue weighted by Crippen LogP contribution is -2.35. The molecule has 0 atom stereocenters. The van der Waals surface area contributed by atoms with Gasteiger partial charge < -0.3 is 4.74 Å². The van der Waals surface area contributed by atoms with Gasteiger partial charge in [-0.05, 0) is 36.7 Å². The van der Waals surface area contributed by atoms with Gasteiger partial charge in [-0.2, -0.15) is 0 Å². The first-order valence-electron chi connectivity index (χ1n) is 7.45. The third-order valence-corrected chi connectivity index (χ3v) is 5.26. The summed E-state index contributed by atoms with van der Waals surface area (Å²) in [5, 5.41) is 10.3. The fourth-order valence-electron chi connectivity index (χ4n) is 2.30. The number of halogens is 1. The molecule has 2 rings (SSSR count). The topological polar surface area (TPSA) is 107 Å². The Hall–Kier alpha value is -2.65. The molecule has 2 aromatic rings. The standard InChI is InChI=1S/C16H15ClN2O6S/c1-2-25-14-9-5-3-7-12(14)18(11-16(17)20)26(23,24)15-10-6-4-8-13(15)19(21)22/h3-10H,2,11H2,1H3. The van der Waals surface area contributed by atoms with Crippen molar-refractivity contribution in [1.82, 2.24) is 0 Å². The maximum Gasteiger partial charge on any atom is 0.289 e. The van der Waals surface area contributed by atoms with Crippen LogP contribution < -0.4 is 9.04 Å². The smallest absolute Gasteiger partial charge is 0.289 e. The predicted octanol–water partition coefficient (Wildman–Crippen LogP) is 2.95. The Balaban J connectivity index is 2.68. The number of ether oxygens (including phenoxy) is 1. The van der Waals surface area contributed by atoms with Crippen LogP contribution in [0.4, 0.5) is 11.4 Å². The van der Waals surface area contributed by atoms with Crippen molar-refractivity contribution < 1.29 is 22.9 Å². The lowest BCUT2D eigenvalue weighted by atomic mass is 10.3. The van der Waals surface area contributed by atoms with Crippen molar-refractivity contribution in [3.8, 4) is 5.75 Å². The Morgan fingerprint density at radius 3 is 2.42 bits per heavy atom. The second-order valence-electron chi connectivity index (χ2n) is 4.99. The molecule has 0 aliphatic rings. The number of carbonyl (C=O) groups excluding carboxylic acids is 1. The van der Waals surface area contributed by atoms with Crippen LogP contribution in [0.25, 0.3) is 0 Å². The molecule has 0 bridgehead atoms. The molecular formula is C16H15ClN2O6S. The van der Waals surface area contributed by atoms with E-state index in [1.165, 1.54) is 24.3 Å². The quantitative estimate of drug-likeness (QED) is 0.384. The zero-order valence-electron chi connectivity index (χ0n) is 13.7. The molecule has 0 radical (unpaired) electrons. The predicted molar refractivity (Wildman–Crippen MR) is 96.1 cm³/mol. The van der Waals surface area contributed by atoms with Crippen LogP contribution in [0.5, 0.6) is 5.75 Å². The molecule has 0 saturated heterocycles. The molecule has 0 aliphatic heterocycles. The van der Waals surface area contributed by atoms with E-state index in [4.69, 9.17) is 16.3 Å². The summed E-state index contributed by atoms with van der Waals surface area (Å²) in [4.78, 5) is 21.4. The highest BCUT2D eigenvalue weighted by Crippen LogP contribution is 2.35. The Kier molecular flexibility index (Phi) is 6.17. The Morgan fingerprint density at radius 1 is 1.19 bits per heavy atom. The highest BCUT2D eigenvalue weighted by molar-refractivity contribution is 7.93. The van der Waals surface area contributed by atoms with Crippen LogP contribution in [-0.2, 0) is 14.8 Å². The van der Waals surface area contributed by atoms with E-state index < -0.39 is 37.3 Å². The molecule has 0 saturated carbocycles. The van der Waals surface area contributed by atoms with E-state index in [1.807, 2.05) is 0 Å². The minimum atomic E-state index is -4.46. The lowest BCUT2D eigenvalue weighted by molar-refractivity contribution is -0.387. The molecule has 0 aromatic heterocycles. The van der Waals surface area contributed by atoms with Crippen LogP contribution in [-0.4, -0.2) is 31.7 Å². The number of benzene rings is 2. The van der Waals surface area contributed by atoms with Crippen LogP contribution in [0.2, 0.25) is 0 Å². The van der Waals surface area contributed by atoms with Gasteiger partial charge in [0.2, 0.25) is 5.24 Å². The van der Waals surface area contributed by atoms with E-state index in [0.717, 1.165) is 12.1 Å². The van der Waals surface area contributed by atoms with Gasteiger partial charge in [-0.1, -0.05) is 24.3 Å². The first-order valence-corrected chi connectivity index (χ1v) is 9.27. The van der Waals surface area contributed by atoms with Crippen molar-refractivity contribution in [1.29, 1.82) is 0 Å². The van der Waals surface area contributed by atoms with Crippen LogP contribution >= 0.6 is 11.6 Å². The maximum atomic E-state index is 13.1. The molecule has 0 spiro atoms. The number of nitro groups is 1. The number of hydrogen-bond donors (Lipinski definition) is 0. The van der Waals surface area contributed by atoms with Gasteiger partial charge in [-0.3, -0.25) is 19.2 Å². The number of sulfonamides is 1. The normalized spacial score (nSPS) is 11.0. The molecule has 2 aromatic carbocycles. The molecule has 0 unspecified atom stereocenters. The summed E-state index contributed by atoms with van der Waals surface area (Å²) in [5.41, 5.74) is -0.546. The van der Waals surface area contributed by atoms with Gasteiger partial charge in [0.1, 0.15) is 12.3 Å². The van der Waals surface area contributed by atoms with Gasteiger partial charge in [0.15, 0.2) is 4.90 Å². The molecule has 8 nitrogen and oxygen atoms in total. The molecule has 0 N–H and O–H groups in total. The second-order valence-corrected chi connectivity index (χ2v) is 7.24. The van der Waals surface area contributed by atoms with Gasteiger partial charge in [-0.25, -0.2) is 8.42 Å². The summed E-state index contributed by atoms with van der Waals surface area (Å²) >= 11 is 5.43. The first kappa shape index (κ1) is 19.7. The van der Waals surface area contributed by atoms with Crippen molar-refractivity contribution in [3.05, 3.63) is 58.6 Å². The highest BCUT2D eigenvalue weighted by atomic mass is 35.5. The van der Waals surface area contributed by atoms with Crippen molar-refractivity contribution >= 4 is 38.2 Å². The molecule has 26 heavy (non-hydrogen) atoms. The number of nitro benzene ring substituents is 1. The molecule has 0 heterocycles. The van der Waals surface area contributed by atoms with E-state index >= 15 is 0 Å². The van der Waals surface area contributed by atoms with Gasteiger partial charge in [0.25, 0.3) is 15.7 Å². The number of carbonyl (C=O) groups is 1. The van der Waals surface area contributed by atoms with Gasteiger partial charge >= 0.3 is 0 Å². The largest absolute Gasteiger partial charge is 0.492 e. The van der Waals surface area contributed by atoms with E-state index in [-0.39, 0.29) is 18.0 Å². The van der Waals surface area contributed by atoms with Gasteiger partial charge in [0, 0.05) is 6.07 Å². The minimum absolute atomic E-state index is 0.0569. The Morgan fingerprint density at radius 2 is 1.81 bits per heavy atom. The Bertz CT molecular complexity index is 932. The van der Waals surface area contributed by atoms with Crippen molar-refractivity contribution in [3.63, 3.8) is 0 Å². The average molecular weight is 399 g/mol. The third-order valence-electron chi connectivity index (χ3n) is 3.33. The number of para-hydroxylation sites is 3. The van der Waals surface area contributed by atoms with Crippen LogP contribution in [0.15, 0.2) is 53.4 Å². The maximum absolute atomic E-state index is 13.1. The zero-order chi connectivity index (χ0) is 19.3. The fourth-order valence-corrected chi connectivity index (χ4v) is 4.08. The Labute approximate surface area is 155 Å². The summed E-state index contributed by atoms with van der Waals surface area (Å²) in [6, 6.07) is 11.0. The van der Waals surface area contributed by atoms with E-state index in [0.29, 0.717) is 4.31 Å². The molecule has 0 amide bonds. The molecule has 10 heteroatoms. The van der Waals surface area contributed by atoms with Crippen molar-refractivity contribution in [2.24, 2.45) is 0 Å². The third kappa shape index (κ3) is 4.12. The van der Waals surface area contributed by atoms with Crippen LogP contribution in [0.3, 0.4) is 0 Å². The number of hydrogen-bond acceptors (Lipinski definition) is 6. The van der Waals surface area contributed by atoms with Crippen molar-refractivity contribution in [2.75, 3.05) is 17.5 Å². The minimum Gasteiger partial charge on any atom is -0.492 e. The van der Waals surface area contributed by atoms with Crippen molar-refractivity contribution in [2.45, 2.75) is 11.8 Å². The summed E-state index contributed by atoms with van der Waals surface area (Å²) < 4.78 is 32.3. The van der Waals surface area contributed by atoms with Crippen LogP contribution in [0, 0.1) is 10.1 Å². The monoisotopic (exact) mass is 398 g/mol.